The van der Waals surface area contributed by atoms with E-state index in [0.717, 1.165) is 49.8 Å². The predicted molar refractivity (Wildman–Crippen MR) is 139 cm³/mol. The van der Waals surface area contributed by atoms with Crippen LogP contribution >= 0.6 is 0 Å². The van der Waals surface area contributed by atoms with Crippen LogP contribution in [-0.4, -0.2) is 44.0 Å². The molecule has 0 saturated heterocycles. The van der Waals surface area contributed by atoms with Gasteiger partial charge in [0, 0.05) is 23.7 Å². The van der Waals surface area contributed by atoms with Crippen molar-refractivity contribution in [2.75, 3.05) is 11.4 Å². The molecule has 10 heteroatoms. The largest absolute Gasteiger partial charge is 0.491 e. The van der Waals surface area contributed by atoms with Crippen LogP contribution < -0.4 is 9.64 Å². The second kappa shape index (κ2) is 9.63. The maximum atomic E-state index is 14.3. The lowest BCUT2D eigenvalue weighted by molar-refractivity contribution is 0.0394. The third-order valence-corrected chi connectivity index (χ3v) is 7.94. The summed E-state index contributed by atoms with van der Waals surface area (Å²) < 4.78 is 25.3. The van der Waals surface area contributed by atoms with Crippen LogP contribution in [0.25, 0.3) is 11.3 Å². The van der Waals surface area contributed by atoms with Crippen molar-refractivity contribution in [3.8, 4) is 17.0 Å². The summed E-state index contributed by atoms with van der Waals surface area (Å²) >= 11 is 0. The lowest BCUT2D eigenvalue weighted by atomic mass is 9.53. The Bertz CT molecular complexity index is 1280. The Labute approximate surface area is 221 Å². The van der Waals surface area contributed by atoms with Gasteiger partial charge in [0.25, 0.3) is 5.89 Å². The van der Waals surface area contributed by atoms with E-state index in [1.807, 2.05) is 38.1 Å². The van der Waals surface area contributed by atoms with Crippen LogP contribution in [-0.2, 0) is 11.1 Å². The number of ether oxygens (including phenoxy) is 1. The summed E-state index contributed by atoms with van der Waals surface area (Å²) in [6.45, 7) is 7.07. The molecule has 3 aliphatic carbocycles. The number of hydrogen-bond donors (Lipinski definition) is 1. The molecule has 2 aromatic heterocycles. The van der Waals surface area contributed by atoms with Gasteiger partial charge in [-0.25, -0.2) is 24.1 Å². The van der Waals surface area contributed by atoms with Gasteiger partial charge in [-0.05, 0) is 102 Å². The van der Waals surface area contributed by atoms with Gasteiger partial charge in [-0.15, -0.1) is 0 Å². The summed E-state index contributed by atoms with van der Waals surface area (Å²) in [5, 5.41) is 14.3. The number of hydrogen-bond acceptors (Lipinski definition) is 7. The number of halogens is 1. The molecule has 0 radical (unpaired) electrons. The number of benzene rings is 1. The molecule has 2 heterocycles. The molecule has 9 nitrogen and oxygen atoms in total. The van der Waals surface area contributed by atoms with Gasteiger partial charge in [0.1, 0.15) is 5.75 Å². The van der Waals surface area contributed by atoms with Gasteiger partial charge in [0.05, 0.1) is 11.8 Å². The van der Waals surface area contributed by atoms with E-state index in [1.54, 1.807) is 12.3 Å². The van der Waals surface area contributed by atoms with Crippen LogP contribution in [0.15, 0.2) is 41.1 Å². The summed E-state index contributed by atoms with van der Waals surface area (Å²) in [6, 6.07) is 9.34. The molecule has 0 atom stereocenters. The number of carbonyl (C=O) groups is 1. The van der Waals surface area contributed by atoms with Crippen LogP contribution in [0.2, 0.25) is 0 Å². The maximum absolute atomic E-state index is 14.3. The summed E-state index contributed by atoms with van der Waals surface area (Å²) in [5.74, 6) is 1.51. The van der Waals surface area contributed by atoms with Crippen LogP contribution in [0, 0.1) is 5.41 Å². The first-order valence-electron chi connectivity index (χ1n) is 13.1. The fraction of sp³-hybridized carbons (Fsp3) is 0.536. The van der Waals surface area contributed by atoms with Crippen LogP contribution in [0.5, 0.6) is 5.75 Å². The van der Waals surface area contributed by atoms with Gasteiger partial charge in [-0.2, -0.15) is 4.98 Å². The number of carboxylic acid groups (broad SMARTS) is 1. The van der Waals surface area contributed by atoms with Gasteiger partial charge in [0.15, 0.2) is 11.5 Å². The first kappa shape index (κ1) is 26.1. The van der Waals surface area contributed by atoms with Gasteiger partial charge in [-0.1, -0.05) is 5.16 Å². The Hall–Kier alpha value is -3.56. The minimum Gasteiger partial charge on any atom is -0.491 e. The van der Waals surface area contributed by atoms with Crippen LogP contribution in [0.4, 0.5) is 15.1 Å². The molecule has 1 amide bonds. The van der Waals surface area contributed by atoms with E-state index in [1.165, 1.54) is 18.7 Å². The van der Waals surface area contributed by atoms with Crippen molar-refractivity contribution in [3.63, 3.8) is 0 Å². The number of anilines is 1. The second-order valence-corrected chi connectivity index (χ2v) is 11.5. The molecule has 0 aliphatic heterocycles. The summed E-state index contributed by atoms with van der Waals surface area (Å²) in [5.41, 5.74) is -0.615. The lowest BCUT2D eigenvalue weighted by Crippen LogP contribution is -2.51. The molecule has 38 heavy (non-hydrogen) atoms. The average molecular weight is 524 g/mol. The topological polar surface area (TPSA) is 114 Å². The molecular formula is C28H34FN5O4. The van der Waals surface area contributed by atoms with Crippen molar-refractivity contribution < 1.29 is 23.6 Å². The molecule has 6 rings (SSSR count). The van der Waals surface area contributed by atoms with E-state index in [0.29, 0.717) is 18.1 Å². The number of nitrogens with zero attached hydrogens (tertiary/aromatic N) is 5. The fourth-order valence-corrected chi connectivity index (χ4v) is 5.69. The summed E-state index contributed by atoms with van der Waals surface area (Å²) in [6.07, 6.45) is 5.45. The van der Waals surface area contributed by atoms with E-state index >= 15 is 0 Å². The van der Waals surface area contributed by atoms with E-state index in [-0.39, 0.29) is 28.8 Å². The van der Waals surface area contributed by atoms with Gasteiger partial charge >= 0.3 is 6.09 Å². The van der Waals surface area contributed by atoms with Crippen molar-refractivity contribution >= 4 is 12.0 Å². The second-order valence-electron chi connectivity index (χ2n) is 11.5. The SMILES string of the molecule is CC(C)Oc1ccc(-c2ccnc(N(CC34CCC(c5noc(C(C)(C)F)n5)(CC3)CC4)C(=O)O)n2)cc1. The Kier molecular flexibility index (Phi) is 6.61. The highest BCUT2D eigenvalue weighted by Gasteiger charge is 2.53. The number of alkyl halides is 1. The molecule has 0 unspecified atom stereocenters. The quantitative estimate of drug-likeness (QED) is 0.366. The fourth-order valence-electron chi connectivity index (χ4n) is 5.69. The highest BCUT2D eigenvalue weighted by Crippen LogP contribution is 2.57. The van der Waals surface area contributed by atoms with Crippen molar-refractivity contribution in [1.82, 2.24) is 20.1 Å². The van der Waals surface area contributed by atoms with E-state index in [9.17, 15) is 14.3 Å². The van der Waals surface area contributed by atoms with E-state index in [4.69, 9.17) is 9.26 Å². The molecule has 3 saturated carbocycles. The Morgan fingerprint density at radius 2 is 1.76 bits per heavy atom. The molecule has 2 bridgehead atoms. The zero-order valence-corrected chi connectivity index (χ0v) is 22.3. The number of fused-ring (bicyclic) bond motifs is 3. The van der Waals surface area contributed by atoms with Crippen molar-refractivity contribution in [2.24, 2.45) is 5.41 Å². The van der Waals surface area contributed by atoms with Crippen molar-refractivity contribution in [1.29, 1.82) is 0 Å². The zero-order chi connectivity index (χ0) is 27.1. The number of aromatic nitrogens is 4. The first-order chi connectivity index (χ1) is 18.0. The van der Waals surface area contributed by atoms with Crippen LogP contribution in [0.1, 0.15) is 77.9 Å². The normalized spacial score (nSPS) is 23.0. The minimum absolute atomic E-state index is 0.000422. The number of amides is 1. The monoisotopic (exact) mass is 523 g/mol. The van der Waals surface area contributed by atoms with Crippen LogP contribution in [0.3, 0.4) is 0 Å². The highest BCUT2D eigenvalue weighted by atomic mass is 19.1. The minimum atomic E-state index is -1.69. The van der Waals surface area contributed by atoms with E-state index in [2.05, 4.69) is 20.1 Å². The lowest BCUT2D eigenvalue weighted by Gasteiger charge is -2.52. The first-order valence-corrected chi connectivity index (χ1v) is 13.1. The van der Waals surface area contributed by atoms with E-state index < -0.39 is 11.8 Å². The van der Waals surface area contributed by atoms with Gasteiger partial charge in [-0.3, -0.25) is 0 Å². The Balaban J connectivity index is 1.32. The molecule has 3 fully saturated rings. The van der Waals surface area contributed by atoms with Gasteiger partial charge in [0.2, 0.25) is 5.95 Å². The highest BCUT2D eigenvalue weighted by molar-refractivity contribution is 5.84. The molecule has 0 spiro atoms. The predicted octanol–water partition coefficient (Wildman–Crippen LogP) is 6.30. The average Bonchev–Trinajstić information content (AvgIpc) is 3.41. The molecule has 1 aromatic carbocycles. The Morgan fingerprint density at radius 1 is 1.11 bits per heavy atom. The molecule has 3 aromatic rings. The Morgan fingerprint density at radius 3 is 2.32 bits per heavy atom. The zero-order valence-electron chi connectivity index (χ0n) is 22.3. The van der Waals surface area contributed by atoms with Gasteiger partial charge < -0.3 is 14.4 Å². The van der Waals surface area contributed by atoms with Crippen molar-refractivity contribution in [3.05, 3.63) is 48.2 Å². The third-order valence-electron chi connectivity index (χ3n) is 7.94. The molecule has 1 N–H and O–H groups in total. The number of rotatable bonds is 8. The molecular weight excluding hydrogens is 489 g/mol. The standard InChI is InChI=1S/C28H34FN5O4/c1-18(2)37-20-7-5-19(6-8-20)21-9-16-30-24(31-21)34(25(35)36)17-27-10-13-28(14-11-27,15-12-27)22-32-23(38-33-22)26(3,4)29/h5-9,16,18H,10-15,17H2,1-4H3,(H,35,36). The summed E-state index contributed by atoms with van der Waals surface area (Å²) in [7, 11) is 0. The molecule has 202 valence electrons. The summed E-state index contributed by atoms with van der Waals surface area (Å²) in [4.78, 5) is 27.0. The third kappa shape index (κ3) is 5.08. The maximum Gasteiger partial charge on any atom is 0.414 e. The molecule has 3 aliphatic rings. The smallest absolute Gasteiger partial charge is 0.414 e. The van der Waals surface area contributed by atoms with Crippen molar-refractivity contribution in [2.45, 2.75) is 83.4 Å².